The Labute approximate surface area is 139 Å². The molecule has 2 rings (SSSR count). The minimum Gasteiger partial charge on any atom is -0.464 e. The zero-order valence-electron chi connectivity index (χ0n) is 13.1. The lowest BCUT2D eigenvalue weighted by atomic mass is 10.1. The fraction of sp³-hybridized carbons (Fsp3) is 0.312. The van der Waals surface area contributed by atoms with Gasteiger partial charge in [0.1, 0.15) is 6.26 Å². The van der Waals surface area contributed by atoms with Crippen molar-refractivity contribution in [1.29, 1.82) is 0 Å². The molecule has 0 unspecified atom stereocenters. The fourth-order valence-electron chi connectivity index (χ4n) is 2.01. The van der Waals surface area contributed by atoms with Crippen molar-refractivity contribution in [2.45, 2.75) is 26.4 Å². The van der Waals surface area contributed by atoms with E-state index in [1.165, 1.54) is 13.4 Å². The third kappa shape index (κ3) is 3.90. The van der Waals surface area contributed by atoms with Crippen molar-refractivity contribution in [1.82, 2.24) is 9.88 Å². The van der Waals surface area contributed by atoms with Crippen LogP contribution in [-0.4, -0.2) is 34.9 Å². The lowest BCUT2D eigenvalue weighted by Crippen LogP contribution is -2.36. The predicted octanol–water partition coefficient (Wildman–Crippen LogP) is 3.17. The van der Waals surface area contributed by atoms with Crippen molar-refractivity contribution in [2.24, 2.45) is 0 Å². The van der Waals surface area contributed by atoms with Gasteiger partial charge in [-0.25, -0.2) is 9.78 Å². The van der Waals surface area contributed by atoms with E-state index in [2.05, 4.69) is 9.72 Å². The molecule has 0 aliphatic heterocycles. The summed E-state index contributed by atoms with van der Waals surface area (Å²) < 4.78 is 9.82. The highest BCUT2D eigenvalue weighted by Gasteiger charge is 2.23. The van der Waals surface area contributed by atoms with Crippen LogP contribution in [0.25, 0.3) is 0 Å². The average Bonchev–Trinajstić information content (AvgIpc) is 3.00. The largest absolute Gasteiger partial charge is 0.464 e. The first kappa shape index (κ1) is 17.0. The number of hydrogen-bond acceptors (Lipinski definition) is 5. The molecule has 0 spiro atoms. The zero-order chi connectivity index (χ0) is 17.0. The molecule has 1 heterocycles. The van der Waals surface area contributed by atoms with Crippen molar-refractivity contribution in [2.75, 3.05) is 7.11 Å². The third-order valence-corrected chi connectivity index (χ3v) is 3.57. The molecule has 23 heavy (non-hydrogen) atoms. The van der Waals surface area contributed by atoms with Gasteiger partial charge in [-0.2, -0.15) is 0 Å². The van der Waals surface area contributed by atoms with Crippen LogP contribution in [0.3, 0.4) is 0 Å². The van der Waals surface area contributed by atoms with Gasteiger partial charge in [-0.15, -0.1) is 0 Å². The van der Waals surface area contributed by atoms with Gasteiger partial charge in [0.05, 0.1) is 24.2 Å². The minimum absolute atomic E-state index is 0.0661. The van der Waals surface area contributed by atoms with Crippen molar-refractivity contribution >= 4 is 23.5 Å². The highest BCUT2D eigenvalue weighted by molar-refractivity contribution is 6.33. The quantitative estimate of drug-likeness (QED) is 0.784. The SMILES string of the molecule is COC(=O)c1coc(CN(C(=O)c2ccccc2Cl)C(C)C)n1. The Balaban J connectivity index is 2.22. The Morgan fingerprint density at radius 3 is 2.65 bits per heavy atom. The van der Waals surface area contributed by atoms with Crippen LogP contribution in [0.1, 0.15) is 40.6 Å². The van der Waals surface area contributed by atoms with Gasteiger partial charge < -0.3 is 14.1 Å². The number of nitrogens with zero attached hydrogens (tertiary/aromatic N) is 2. The molecule has 0 aliphatic carbocycles. The van der Waals surface area contributed by atoms with E-state index >= 15 is 0 Å². The first-order valence-electron chi connectivity index (χ1n) is 7.02. The summed E-state index contributed by atoms with van der Waals surface area (Å²) in [7, 11) is 1.26. The van der Waals surface area contributed by atoms with Gasteiger partial charge in [0, 0.05) is 6.04 Å². The Morgan fingerprint density at radius 1 is 1.35 bits per heavy atom. The standard InChI is InChI=1S/C16H17ClN2O4/c1-10(2)19(15(20)11-6-4-5-7-12(11)17)8-14-18-13(9-23-14)16(21)22-3/h4-7,9-10H,8H2,1-3H3. The van der Waals surface area contributed by atoms with E-state index in [1.54, 1.807) is 29.2 Å². The number of halogens is 1. The summed E-state index contributed by atoms with van der Waals surface area (Å²) in [4.78, 5) is 29.7. The first-order valence-corrected chi connectivity index (χ1v) is 7.40. The molecule has 7 heteroatoms. The molecule has 0 atom stereocenters. The monoisotopic (exact) mass is 336 g/mol. The normalized spacial score (nSPS) is 10.7. The number of methoxy groups -OCH3 is 1. The molecule has 0 radical (unpaired) electrons. The lowest BCUT2D eigenvalue weighted by Gasteiger charge is -2.25. The van der Waals surface area contributed by atoms with E-state index in [-0.39, 0.29) is 30.1 Å². The number of amides is 1. The number of carbonyl (C=O) groups is 2. The lowest BCUT2D eigenvalue weighted by molar-refractivity contribution is 0.0593. The van der Waals surface area contributed by atoms with Gasteiger partial charge >= 0.3 is 5.97 Å². The number of esters is 1. The summed E-state index contributed by atoms with van der Waals surface area (Å²) in [5, 5.41) is 0.380. The number of aromatic nitrogens is 1. The summed E-state index contributed by atoms with van der Waals surface area (Å²) >= 11 is 6.09. The molecule has 0 aliphatic rings. The summed E-state index contributed by atoms with van der Waals surface area (Å²) in [5.41, 5.74) is 0.471. The molecule has 2 aromatic rings. The second-order valence-electron chi connectivity index (χ2n) is 5.12. The van der Waals surface area contributed by atoms with E-state index in [0.717, 1.165) is 0 Å². The molecular formula is C16H17ClN2O4. The van der Waals surface area contributed by atoms with Gasteiger partial charge in [-0.05, 0) is 26.0 Å². The summed E-state index contributed by atoms with van der Waals surface area (Å²) in [6.07, 6.45) is 1.21. The summed E-state index contributed by atoms with van der Waals surface area (Å²) in [5.74, 6) is -0.573. The maximum absolute atomic E-state index is 12.7. The second kappa shape index (κ2) is 7.28. The van der Waals surface area contributed by atoms with Gasteiger partial charge in [-0.3, -0.25) is 4.79 Å². The van der Waals surface area contributed by atoms with Crippen LogP contribution in [0.15, 0.2) is 34.9 Å². The molecule has 0 fully saturated rings. The van der Waals surface area contributed by atoms with Crippen molar-refractivity contribution < 1.29 is 18.7 Å². The molecule has 0 saturated heterocycles. The van der Waals surface area contributed by atoms with Crippen molar-refractivity contribution in [3.8, 4) is 0 Å². The van der Waals surface area contributed by atoms with E-state index in [0.29, 0.717) is 10.6 Å². The van der Waals surface area contributed by atoms with Crippen LogP contribution in [-0.2, 0) is 11.3 Å². The number of rotatable bonds is 5. The molecule has 1 aromatic carbocycles. The number of oxazole rings is 1. The molecule has 1 amide bonds. The van der Waals surface area contributed by atoms with Gasteiger partial charge in [0.15, 0.2) is 5.69 Å². The number of ether oxygens (including phenoxy) is 1. The van der Waals surface area contributed by atoms with Crippen LogP contribution < -0.4 is 0 Å². The summed E-state index contributed by atoms with van der Waals surface area (Å²) in [6.45, 7) is 3.87. The van der Waals surface area contributed by atoms with E-state index < -0.39 is 5.97 Å². The Morgan fingerprint density at radius 2 is 2.04 bits per heavy atom. The Hall–Kier alpha value is -2.34. The molecular weight excluding hydrogens is 320 g/mol. The van der Waals surface area contributed by atoms with Crippen LogP contribution >= 0.6 is 11.6 Å². The Bertz CT molecular complexity index is 712. The number of hydrogen-bond donors (Lipinski definition) is 0. The highest BCUT2D eigenvalue weighted by atomic mass is 35.5. The average molecular weight is 337 g/mol. The topological polar surface area (TPSA) is 72.6 Å². The van der Waals surface area contributed by atoms with E-state index in [1.807, 2.05) is 13.8 Å². The number of benzene rings is 1. The zero-order valence-corrected chi connectivity index (χ0v) is 13.8. The molecule has 122 valence electrons. The number of carbonyl (C=O) groups excluding carboxylic acids is 2. The van der Waals surface area contributed by atoms with Gasteiger partial charge in [0.2, 0.25) is 5.89 Å². The molecule has 6 nitrogen and oxygen atoms in total. The second-order valence-corrected chi connectivity index (χ2v) is 5.53. The van der Waals surface area contributed by atoms with Crippen LogP contribution in [0.5, 0.6) is 0 Å². The van der Waals surface area contributed by atoms with Crippen LogP contribution in [0.4, 0.5) is 0 Å². The van der Waals surface area contributed by atoms with Crippen LogP contribution in [0.2, 0.25) is 5.02 Å². The maximum Gasteiger partial charge on any atom is 0.360 e. The molecule has 0 N–H and O–H groups in total. The van der Waals surface area contributed by atoms with E-state index in [9.17, 15) is 9.59 Å². The molecule has 0 bridgehead atoms. The third-order valence-electron chi connectivity index (χ3n) is 3.24. The highest BCUT2D eigenvalue weighted by Crippen LogP contribution is 2.20. The van der Waals surface area contributed by atoms with Gasteiger partial charge in [-0.1, -0.05) is 23.7 Å². The van der Waals surface area contributed by atoms with Crippen molar-refractivity contribution in [3.63, 3.8) is 0 Å². The van der Waals surface area contributed by atoms with Crippen LogP contribution in [0, 0.1) is 0 Å². The maximum atomic E-state index is 12.7. The fourth-order valence-corrected chi connectivity index (χ4v) is 2.22. The van der Waals surface area contributed by atoms with Crippen molar-refractivity contribution in [3.05, 3.63) is 52.7 Å². The minimum atomic E-state index is -0.589. The summed E-state index contributed by atoms with van der Waals surface area (Å²) in [6, 6.07) is 6.73. The molecule has 1 aromatic heterocycles. The van der Waals surface area contributed by atoms with Gasteiger partial charge in [0.25, 0.3) is 5.91 Å². The Kier molecular flexibility index (Phi) is 5.39. The smallest absolute Gasteiger partial charge is 0.360 e. The molecule has 0 saturated carbocycles. The first-order chi connectivity index (χ1) is 10.9. The van der Waals surface area contributed by atoms with E-state index in [4.69, 9.17) is 16.0 Å². The predicted molar refractivity (Wildman–Crippen MR) is 84.3 cm³/mol.